The molecule has 0 aliphatic heterocycles. The molecule has 2 N–H and O–H groups in total. The molecule has 0 amide bonds. The van der Waals surface area contributed by atoms with E-state index in [2.05, 4.69) is 0 Å². The molecule has 0 spiro atoms. The summed E-state index contributed by atoms with van der Waals surface area (Å²) in [5.41, 5.74) is 5.45. The molecule has 0 aliphatic rings. The molecule has 5 heteroatoms. The molecular weight excluding hydrogens is 187 g/mol. The zero-order valence-corrected chi connectivity index (χ0v) is 7.74. The number of halogens is 1. The number of alkyl halides is 1. The van der Waals surface area contributed by atoms with Crippen LogP contribution in [0.3, 0.4) is 0 Å². The first-order chi connectivity index (χ1) is 6.57. The average molecular weight is 198 g/mol. The van der Waals surface area contributed by atoms with E-state index in [1.165, 1.54) is 6.07 Å². The van der Waals surface area contributed by atoms with Gasteiger partial charge in [-0.15, -0.1) is 0 Å². The second kappa shape index (κ2) is 4.15. The number of nitrogens with two attached hydrogens (primary N) is 1. The van der Waals surface area contributed by atoms with Crippen LogP contribution < -0.4 is 5.73 Å². The maximum absolute atomic E-state index is 13.2. The Labute approximate surface area is 80.7 Å². The van der Waals surface area contributed by atoms with Gasteiger partial charge in [0.15, 0.2) is 0 Å². The van der Waals surface area contributed by atoms with Gasteiger partial charge in [0.2, 0.25) is 0 Å². The fourth-order valence-electron chi connectivity index (χ4n) is 1.31. The molecule has 0 bridgehead atoms. The van der Waals surface area contributed by atoms with Crippen LogP contribution in [0.5, 0.6) is 0 Å². The number of benzene rings is 1. The number of para-hydroxylation sites is 1. The van der Waals surface area contributed by atoms with E-state index in [1.807, 2.05) is 0 Å². The highest BCUT2D eigenvalue weighted by molar-refractivity contribution is 5.48. The lowest BCUT2D eigenvalue weighted by atomic mass is 10.0. The van der Waals surface area contributed by atoms with Crippen molar-refractivity contribution < 1.29 is 9.31 Å². The van der Waals surface area contributed by atoms with E-state index in [4.69, 9.17) is 5.73 Å². The van der Waals surface area contributed by atoms with Crippen molar-refractivity contribution >= 4 is 5.69 Å². The summed E-state index contributed by atoms with van der Waals surface area (Å²) in [6.45, 7) is 1.33. The predicted octanol–water partition coefficient (Wildman–Crippen LogP) is 1.87. The van der Waals surface area contributed by atoms with E-state index in [9.17, 15) is 14.5 Å². The summed E-state index contributed by atoms with van der Waals surface area (Å²) in [4.78, 5) is 10.1. The highest BCUT2D eigenvalue weighted by atomic mass is 19.1. The zero-order chi connectivity index (χ0) is 10.7. The van der Waals surface area contributed by atoms with E-state index >= 15 is 0 Å². The fraction of sp³-hybridized carbons (Fsp3) is 0.333. The molecule has 14 heavy (non-hydrogen) atoms. The third kappa shape index (κ3) is 1.88. The SMILES string of the molecule is Cc1cccc(C(F)CN)c1[N+](=O)[O-]. The molecule has 1 unspecified atom stereocenters. The van der Waals surface area contributed by atoms with Gasteiger partial charge in [0.1, 0.15) is 6.17 Å². The molecule has 0 fully saturated rings. The van der Waals surface area contributed by atoms with Crippen LogP contribution in [-0.2, 0) is 0 Å². The van der Waals surface area contributed by atoms with E-state index < -0.39 is 11.1 Å². The highest BCUT2D eigenvalue weighted by Crippen LogP contribution is 2.29. The quantitative estimate of drug-likeness (QED) is 0.595. The van der Waals surface area contributed by atoms with Gasteiger partial charge in [-0.1, -0.05) is 12.1 Å². The van der Waals surface area contributed by atoms with Crippen LogP contribution in [0.15, 0.2) is 18.2 Å². The first kappa shape index (κ1) is 10.6. The van der Waals surface area contributed by atoms with E-state index in [0.29, 0.717) is 5.56 Å². The molecular formula is C9H11FN2O2. The standard InChI is InChI=1S/C9H11FN2O2/c1-6-3-2-4-7(8(10)5-11)9(6)12(13)14/h2-4,8H,5,11H2,1H3. The fourth-order valence-corrected chi connectivity index (χ4v) is 1.31. The second-order valence-electron chi connectivity index (χ2n) is 2.97. The van der Waals surface area contributed by atoms with Crippen LogP contribution in [0.4, 0.5) is 10.1 Å². The maximum Gasteiger partial charge on any atom is 0.278 e. The van der Waals surface area contributed by atoms with Crippen LogP contribution in [0.25, 0.3) is 0 Å². The Balaban J connectivity index is 3.28. The summed E-state index contributed by atoms with van der Waals surface area (Å²) in [5, 5.41) is 10.7. The Kier molecular flexibility index (Phi) is 3.14. The van der Waals surface area contributed by atoms with Crippen molar-refractivity contribution in [2.45, 2.75) is 13.1 Å². The molecule has 0 saturated heterocycles. The molecule has 0 saturated carbocycles. The van der Waals surface area contributed by atoms with E-state index in [-0.39, 0.29) is 17.8 Å². The smallest absolute Gasteiger partial charge is 0.278 e. The Bertz CT molecular complexity index is 355. The van der Waals surface area contributed by atoms with Crippen LogP contribution in [0.1, 0.15) is 17.3 Å². The number of hydrogen-bond donors (Lipinski definition) is 1. The predicted molar refractivity (Wildman–Crippen MR) is 50.7 cm³/mol. The van der Waals surface area contributed by atoms with Crippen molar-refractivity contribution in [3.63, 3.8) is 0 Å². The molecule has 1 atom stereocenters. The van der Waals surface area contributed by atoms with Crippen molar-refractivity contribution in [2.24, 2.45) is 5.73 Å². The van der Waals surface area contributed by atoms with Crippen molar-refractivity contribution in [1.29, 1.82) is 0 Å². The molecule has 0 radical (unpaired) electrons. The van der Waals surface area contributed by atoms with Gasteiger partial charge in [-0.3, -0.25) is 10.1 Å². The van der Waals surface area contributed by atoms with Gasteiger partial charge in [-0.2, -0.15) is 0 Å². The van der Waals surface area contributed by atoms with Gasteiger partial charge in [0.05, 0.1) is 10.5 Å². The monoisotopic (exact) mass is 198 g/mol. The van der Waals surface area contributed by atoms with Crippen LogP contribution >= 0.6 is 0 Å². The van der Waals surface area contributed by atoms with Gasteiger partial charge in [-0.05, 0) is 13.0 Å². The largest absolute Gasteiger partial charge is 0.327 e. The van der Waals surface area contributed by atoms with Crippen LogP contribution in [0.2, 0.25) is 0 Å². The molecule has 0 aromatic heterocycles. The number of rotatable bonds is 3. The lowest BCUT2D eigenvalue weighted by Gasteiger charge is -2.07. The van der Waals surface area contributed by atoms with Crippen LogP contribution in [0, 0.1) is 17.0 Å². The number of aryl methyl sites for hydroxylation is 1. The Morgan fingerprint density at radius 1 is 1.64 bits per heavy atom. The lowest BCUT2D eigenvalue weighted by molar-refractivity contribution is -0.386. The Hall–Kier alpha value is -1.49. The summed E-state index contributed by atoms with van der Waals surface area (Å²) < 4.78 is 13.2. The summed E-state index contributed by atoms with van der Waals surface area (Å²) in [6.07, 6.45) is -1.48. The summed E-state index contributed by atoms with van der Waals surface area (Å²) in [6, 6.07) is 4.55. The van der Waals surface area contributed by atoms with Gasteiger partial charge in [0, 0.05) is 12.1 Å². The third-order valence-corrected chi connectivity index (χ3v) is 2.00. The summed E-state index contributed by atoms with van der Waals surface area (Å²) in [5.74, 6) is 0. The van der Waals surface area contributed by atoms with Crippen molar-refractivity contribution in [1.82, 2.24) is 0 Å². The highest BCUT2D eigenvalue weighted by Gasteiger charge is 2.22. The second-order valence-corrected chi connectivity index (χ2v) is 2.97. The number of nitrogens with zero attached hydrogens (tertiary/aromatic N) is 1. The topological polar surface area (TPSA) is 69.2 Å². The number of nitro benzene ring substituents is 1. The van der Waals surface area contributed by atoms with Gasteiger partial charge >= 0.3 is 0 Å². The van der Waals surface area contributed by atoms with Crippen molar-refractivity contribution in [3.05, 3.63) is 39.4 Å². The number of nitro groups is 1. The molecule has 0 aliphatic carbocycles. The molecule has 1 aromatic carbocycles. The minimum absolute atomic E-state index is 0.0532. The third-order valence-electron chi connectivity index (χ3n) is 2.00. The molecule has 4 nitrogen and oxygen atoms in total. The first-order valence-corrected chi connectivity index (χ1v) is 4.16. The Morgan fingerprint density at radius 3 is 2.79 bits per heavy atom. The minimum Gasteiger partial charge on any atom is -0.327 e. The van der Waals surface area contributed by atoms with Gasteiger partial charge in [0.25, 0.3) is 5.69 Å². The molecule has 0 heterocycles. The zero-order valence-electron chi connectivity index (χ0n) is 7.74. The summed E-state index contributed by atoms with van der Waals surface area (Å²) >= 11 is 0. The van der Waals surface area contributed by atoms with E-state index in [1.54, 1.807) is 19.1 Å². The molecule has 76 valence electrons. The number of hydrogen-bond acceptors (Lipinski definition) is 3. The van der Waals surface area contributed by atoms with Crippen molar-refractivity contribution in [2.75, 3.05) is 6.54 Å². The summed E-state index contributed by atoms with van der Waals surface area (Å²) in [7, 11) is 0. The van der Waals surface area contributed by atoms with Crippen LogP contribution in [-0.4, -0.2) is 11.5 Å². The average Bonchev–Trinajstić information content (AvgIpc) is 2.15. The molecule has 1 aromatic rings. The molecule has 1 rings (SSSR count). The minimum atomic E-state index is -1.48. The van der Waals surface area contributed by atoms with Gasteiger partial charge in [-0.25, -0.2) is 4.39 Å². The van der Waals surface area contributed by atoms with E-state index in [0.717, 1.165) is 0 Å². The lowest BCUT2D eigenvalue weighted by Crippen LogP contribution is -2.10. The Morgan fingerprint density at radius 2 is 2.29 bits per heavy atom. The van der Waals surface area contributed by atoms with Gasteiger partial charge < -0.3 is 5.73 Å². The first-order valence-electron chi connectivity index (χ1n) is 4.16. The van der Waals surface area contributed by atoms with Crippen molar-refractivity contribution in [3.8, 4) is 0 Å². The normalized spacial score (nSPS) is 12.5. The maximum atomic E-state index is 13.2.